The molecular formula is C16H12BrClN4S. The SMILES string of the molecule is NC(=S)Nc1cc(-c2ccc(Br)cc2)nn1-c1ccc(Cl)cc1. The van der Waals surface area contributed by atoms with E-state index in [4.69, 9.17) is 29.6 Å². The molecule has 0 saturated heterocycles. The molecule has 3 rings (SSSR count). The number of nitrogens with one attached hydrogen (secondary N) is 1. The quantitative estimate of drug-likeness (QED) is 0.623. The van der Waals surface area contributed by atoms with Crippen LogP contribution in [0, 0.1) is 0 Å². The number of hydrogen-bond acceptors (Lipinski definition) is 2. The van der Waals surface area contributed by atoms with E-state index in [1.54, 1.807) is 4.68 Å². The van der Waals surface area contributed by atoms with Crippen molar-refractivity contribution in [2.75, 3.05) is 5.32 Å². The summed E-state index contributed by atoms with van der Waals surface area (Å²) >= 11 is 14.3. The second kappa shape index (κ2) is 6.70. The number of halogens is 2. The van der Waals surface area contributed by atoms with Crippen LogP contribution in [0.1, 0.15) is 0 Å². The molecule has 0 radical (unpaired) electrons. The third kappa shape index (κ3) is 3.72. The second-order valence-electron chi connectivity index (χ2n) is 4.80. The van der Waals surface area contributed by atoms with Crippen molar-refractivity contribution < 1.29 is 0 Å². The molecule has 4 nitrogen and oxygen atoms in total. The van der Waals surface area contributed by atoms with Crippen molar-refractivity contribution in [2.45, 2.75) is 0 Å². The number of nitrogens with zero attached hydrogens (tertiary/aromatic N) is 2. The van der Waals surface area contributed by atoms with Crippen LogP contribution in [-0.4, -0.2) is 14.9 Å². The van der Waals surface area contributed by atoms with E-state index >= 15 is 0 Å². The van der Waals surface area contributed by atoms with Gasteiger partial charge in [0, 0.05) is 21.1 Å². The van der Waals surface area contributed by atoms with E-state index < -0.39 is 0 Å². The van der Waals surface area contributed by atoms with Gasteiger partial charge in [-0.1, -0.05) is 39.7 Å². The normalized spacial score (nSPS) is 10.5. The predicted octanol–water partition coefficient (Wildman–Crippen LogP) is 4.61. The highest BCUT2D eigenvalue weighted by Gasteiger charge is 2.12. The van der Waals surface area contributed by atoms with Gasteiger partial charge < -0.3 is 11.1 Å². The largest absolute Gasteiger partial charge is 0.376 e. The first-order chi connectivity index (χ1) is 11.0. The molecule has 0 atom stereocenters. The van der Waals surface area contributed by atoms with Crippen molar-refractivity contribution in [1.82, 2.24) is 9.78 Å². The van der Waals surface area contributed by atoms with Gasteiger partial charge in [-0.3, -0.25) is 0 Å². The zero-order valence-electron chi connectivity index (χ0n) is 11.8. The second-order valence-corrected chi connectivity index (χ2v) is 6.59. The van der Waals surface area contributed by atoms with Gasteiger partial charge in [-0.15, -0.1) is 0 Å². The monoisotopic (exact) mass is 406 g/mol. The molecule has 0 amide bonds. The van der Waals surface area contributed by atoms with Gasteiger partial charge in [0.05, 0.1) is 11.4 Å². The van der Waals surface area contributed by atoms with Gasteiger partial charge in [-0.25, -0.2) is 4.68 Å². The summed E-state index contributed by atoms with van der Waals surface area (Å²) in [6.07, 6.45) is 0. The Labute approximate surface area is 152 Å². The summed E-state index contributed by atoms with van der Waals surface area (Å²) in [4.78, 5) is 0. The minimum absolute atomic E-state index is 0.183. The minimum Gasteiger partial charge on any atom is -0.376 e. The average Bonchev–Trinajstić information content (AvgIpc) is 2.92. The average molecular weight is 408 g/mol. The van der Waals surface area contributed by atoms with Crippen LogP contribution in [0.15, 0.2) is 59.1 Å². The van der Waals surface area contributed by atoms with Crippen LogP contribution in [0.2, 0.25) is 5.02 Å². The van der Waals surface area contributed by atoms with E-state index in [-0.39, 0.29) is 5.11 Å². The van der Waals surface area contributed by atoms with E-state index in [2.05, 4.69) is 26.3 Å². The highest BCUT2D eigenvalue weighted by Crippen LogP contribution is 2.26. The Morgan fingerprint density at radius 1 is 1.13 bits per heavy atom. The van der Waals surface area contributed by atoms with E-state index in [0.717, 1.165) is 21.4 Å². The Hall–Kier alpha value is -1.89. The Bertz CT molecular complexity index is 844. The molecule has 23 heavy (non-hydrogen) atoms. The summed E-state index contributed by atoms with van der Waals surface area (Å²) in [5.74, 6) is 0.692. The molecule has 0 unspecified atom stereocenters. The third-order valence-electron chi connectivity index (χ3n) is 3.17. The van der Waals surface area contributed by atoms with Crippen LogP contribution in [-0.2, 0) is 0 Å². The molecule has 1 heterocycles. The smallest absolute Gasteiger partial charge is 0.169 e. The third-order valence-corrected chi connectivity index (χ3v) is 4.05. The van der Waals surface area contributed by atoms with Crippen molar-refractivity contribution in [3.05, 3.63) is 64.1 Å². The van der Waals surface area contributed by atoms with Crippen LogP contribution in [0.5, 0.6) is 0 Å². The van der Waals surface area contributed by atoms with Gasteiger partial charge in [-0.05, 0) is 48.6 Å². The lowest BCUT2D eigenvalue weighted by Gasteiger charge is -2.08. The molecule has 1 aromatic heterocycles. The lowest BCUT2D eigenvalue weighted by molar-refractivity contribution is 0.893. The zero-order chi connectivity index (χ0) is 16.4. The van der Waals surface area contributed by atoms with Crippen molar-refractivity contribution in [3.63, 3.8) is 0 Å². The number of thiocarbonyl (C=S) groups is 1. The molecule has 0 saturated carbocycles. The van der Waals surface area contributed by atoms with Gasteiger partial charge in [0.2, 0.25) is 0 Å². The maximum absolute atomic E-state index is 5.95. The zero-order valence-corrected chi connectivity index (χ0v) is 15.0. The molecule has 2 aromatic carbocycles. The molecule has 0 bridgehead atoms. The van der Waals surface area contributed by atoms with Gasteiger partial charge in [0.25, 0.3) is 0 Å². The fourth-order valence-corrected chi connectivity index (χ4v) is 2.63. The standard InChI is InChI=1S/C16H12BrClN4S/c17-11-3-1-10(2-4-11)14-9-15(20-16(19)23)22(21-14)13-7-5-12(18)6-8-13/h1-9H,(H3,19,20,23). The molecule has 0 aliphatic carbocycles. The topological polar surface area (TPSA) is 55.9 Å². The van der Waals surface area contributed by atoms with Crippen molar-refractivity contribution in [3.8, 4) is 16.9 Å². The van der Waals surface area contributed by atoms with E-state index in [1.807, 2.05) is 54.6 Å². The molecule has 3 aromatic rings. The van der Waals surface area contributed by atoms with Crippen molar-refractivity contribution in [2.24, 2.45) is 5.73 Å². The van der Waals surface area contributed by atoms with Crippen LogP contribution in [0.3, 0.4) is 0 Å². The fourth-order valence-electron chi connectivity index (χ4n) is 2.14. The Morgan fingerprint density at radius 2 is 1.78 bits per heavy atom. The van der Waals surface area contributed by atoms with E-state index in [1.165, 1.54) is 0 Å². The maximum atomic E-state index is 5.95. The number of nitrogens with two attached hydrogens (primary N) is 1. The summed E-state index contributed by atoms with van der Waals surface area (Å²) in [7, 11) is 0. The van der Waals surface area contributed by atoms with Crippen LogP contribution in [0.4, 0.5) is 5.82 Å². The van der Waals surface area contributed by atoms with Crippen LogP contribution >= 0.6 is 39.7 Å². The molecule has 0 spiro atoms. The Kier molecular flexibility index (Phi) is 4.66. The number of aromatic nitrogens is 2. The van der Waals surface area contributed by atoms with E-state index in [9.17, 15) is 0 Å². The molecule has 7 heteroatoms. The summed E-state index contributed by atoms with van der Waals surface area (Å²) in [6.45, 7) is 0. The Balaban J connectivity index is 2.08. The highest BCUT2D eigenvalue weighted by atomic mass is 79.9. The molecule has 3 N–H and O–H groups in total. The molecule has 116 valence electrons. The fraction of sp³-hybridized carbons (Fsp3) is 0. The lowest BCUT2D eigenvalue weighted by atomic mass is 10.1. The number of benzene rings is 2. The minimum atomic E-state index is 0.183. The molecular weight excluding hydrogens is 396 g/mol. The van der Waals surface area contributed by atoms with Gasteiger partial charge in [0.1, 0.15) is 5.82 Å². The first-order valence-corrected chi connectivity index (χ1v) is 8.29. The summed E-state index contributed by atoms with van der Waals surface area (Å²) in [6, 6.07) is 17.2. The predicted molar refractivity (Wildman–Crippen MR) is 102 cm³/mol. The van der Waals surface area contributed by atoms with Crippen LogP contribution < -0.4 is 11.1 Å². The molecule has 0 aliphatic rings. The first kappa shape index (κ1) is 16.0. The number of anilines is 1. The maximum Gasteiger partial charge on any atom is 0.169 e. The highest BCUT2D eigenvalue weighted by molar-refractivity contribution is 9.10. The van der Waals surface area contributed by atoms with Gasteiger partial charge >= 0.3 is 0 Å². The summed E-state index contributed by atoms with van der Waals surface area (Å²) in [5, 5.41) is 8.45. The molecule has 0 fully saturated rings. The lowest BCUT2D eigenvalue weighted by Crippen LogP contribution is -2.20. The number of rotatable bonds is 3. The van der Waals surface area contributed by atoms with Gasteiger partial charge in [-0.2, -0.15) is 5.10 Å². The number of hydrogen-bond donors (Lipinski definition) is 2. The Morgan fingerprint density at radius 3 is 2.39 bits per heavy atom. The van der Waals surface area contributed by atoms with Crippen LogP contribution in [0.25, 0.3) is 16.9 Å². The van der Waals surface area contributed by atoms with Crippen molar-refractivity contribution >= 4 is 50.7 Å². The van der Waals surface area contributed by atoms with Crippen molar-refractivity contribution in [1.29, 1.82) is 0 Å². The molecule has 0 aliphatic heterocycles. The first-order valence-electron chi connectivity index (χ1n) is 6.71. The van der Waals surface area contributed by atoms with Gasteiger partial charge in [0.15, 0.2) is 5.11 Å². The summed E-state index contributed by atoms with van der Waals surface area (Å²) < 4.78 is 2.76. The van der Waals surface area contributed by atoms with E-state index in [0.29, 0.717) is 10.8 Å². The summed E-state index contributed by atoms with van der Waals surface area (Å²) in [5.41, 5.74) is 8.28.